The standard InChI is InChI=1S/C13H17NO5S/c1-9(15)20-8-11(12(16)17)14-13(18)19-7-10-5-3-2-4-6-10/h2-6,9,11,15H,7-8H2,1H3,(H,14,18)(H,16,17)/t9-,11?/m1/s1. The summed E-state index contributed by atoms with van der Waals surface area (Å²) in [5, 5.41) is 20.3. The summed E-state index contributed by atoms with van der Waals surface area (Å²) in [6.45, 7) is 1.60. The van der Waals surface area contributed by atoms with Crippen LogP contribution in [0.4, 0.5) is 4.79 Å². The molecule has 0 saturated heterocycles. The second kappa shape index (κ2) is 8.44. The molecule has 6 nitrogen and oxygen atoms in total. The Morgan fingerprint density at radius 2 is 2.00 bits per heavy atom. The second-order valence-electron chi connectivity index (χ2n) is 4.03. The Kier molecular flexibility index (Phi) is 6.89. The zero-order valence-electron chi connectivity index (χ0n) is 11.0. The summed E-state index contributed by atoms with van der Waals surface area (Å²) in [6.07, 6.45) is -0.799. The Labute approximate surface area is 121 Å². The fourth-order valence-electron chi connectivity index (χ4n) is 1.32. The highest BCUT2D eigenvalue weighted by atomic mass is 32.2. The van der Waals surface area contributed by atoms with Gasteiger partial charge in [0, 0.05) is 5.75 Å². The Balaban J connectivity index is 2.40. The number of ether oxygens (including phenoxy) is 1. The lowest BCUT2D eigenvalue weighted by molar-refractivity contribution is -0.138. The molecule has 0 saturated carbocycles. The van der Waals surface area contributed by atoms with Gasteiger partial charge in [-0.2, -0.15) is 0 Å². The van der Waals surface area contributed by atoms with Gasteiger partial charge in [0.1, 0.15) is 12.6 Å². The molecule has 7 heteroatoms. The predicted octanol–water partition coefficient (Wildman–Crippen LogP) is 1.44. The van der Waals surface area contributed by atoms with Gasteiger partial charge in [-0.15, -0.1) is 11.8 Å². The molecule has 20 heavy (non-hydrogen) atoms. The van der Waals surface area contributed by atoms with E-state index in [4.69, 9.17) is 14.9 Å². The first-order chi connectivity index (χ1) is 9.49. The monoisotopic (exact) mass is 299 g/mol. The van der Waals surface area contributed by atoms with Gasteiger partial charge < -0.3 is 20.3 Å². The number of thioether (sulfide) groups is 1. The lowest BCUT2D eigenvalue weighted by Gasteiger charge is -2.15. The summed E-state index contributed by atoms with van der Waals surface area (Å²) < 4.78 is 4.93. The van der Waals surface area contributed by atoms with E-state index in [1.807, 2.05) is 18.2 Å². The minimum Gasteiger partial charge on any atom is -0.480 e. The minimum absolute atomic E-state index is 0.0629. The average Bonchev–Trinajstić information content (AvgIpc) is 2.41. The van der Waals surface area contributed by atoms with Gasteiger partial charge in [0.05, 0.1) is 5.44 Å². The third-order valence-corrected chi connectivity index (χ3v) is 3.32. The first-order valence-corrected chi connectivity index (χ1v) is 7.03. The number of amides is 1. The summed E-state index contributed by atoms with van der Waals surface area (Å²) in [4.78, 5) is 22.5. The van der Waals surface area contributed by atoms with E-state index in [0.717, 1.165) is 17.3 Å². The molecular formula is C13H17NO5S. The normalized spacial score (nSPS) is 13.3. The second-order valence-corrected chi connectivity index (χ2v) is 5.38. The zero-order valence-corrected chi connectivity index (χ0v) is 11.8. The van der Waals surface area contributed by atoms with Crippen molar-refractivity contribution < 1.29 is 24.5 Å². The third-order valence-electron chi connectivity index (χ3n) is 2.31. The summed E-state index contributed by atoms with van der Waals surface area (Å²) in [6, 6.07) is 7.97. The van der Waals surface area contributed by atoms with Crippen LogP contribution < -0.4 is 5.32 Å². The maximum Gasteiger partial charge on any atom is 0.408 e. The Hall–Kier alpha value is -1.73. The number of benzene rings is 1. The fourth-order valence-corrected chi connectivity index (χ4v) is 2.01. The van der Waals surface area contributed by atoms with Crippen LogP contribution in [0.3, 0.4) is 0 Å². The molecule has 0 fully saturated rings. The van der Waals surface area contributed by atoms with Gasteiger partial charge >= 0.3 is 12.1 Å². The van der Waals surface area contributed by atoms with Crippen LogP contribution in [0.2, 0.25) is 0 Å². The number of hydrogen-bond donors (Lipinski definition) is 3. The van der Waals surface area contributed by atoms with E-state index >= 15 is 0 Å². The Morgan fingerprint density at radius 3 is 2.55 bits per heavy atom. The van der Waals surface area contributed by atoms with Crippen molar-refractivity contribution in [2.75, 3.05) is 5.75 Å². The highest BCUT2D eigenvalue weighted by molar-refractivity contribution is 7.99. The number of aliphatic hydroxyl groups is 1. The summed E-state index contributed by atoms with van der Waals surface area (Å²) in [5.74, 6) is -1.11. The van der Waals surface area contributed by atoms with Crippen LogP contribution in [-0.4, -0.2) is 39.5 Å². The van der Waals surface area contributed by atoms with E-state index in [2.05, 4.69) is 5.32 Å². The van der Waals surface area contributed by atoms with Crippen LogP contribution >= 0.6 is 11.8 Å². The van der Waals surface area contributed by atoms with Crippen molar-refractivity contribution in [1.29, 1.82) is 0 Å². The number of carboxylic acids is 1. The molecule has 110 valence electrons. The number of carbonyl (C=O) groups is 2. The largest absolute Gasteiger partial charge is 0.480 e. The molecule has 1 aromatic carbocycles. The van der Waals surface area contributed by atoms with Crippen LogP contribution in [0.15, 0.2) is 30.3 Å². The molecule has 0 aromatic heterocycles. The number of aliphatic carboxylic acids is 1. The molecule has 3 N–H and O–H groups in total. The first-order valence-electron chi connectivity index (χ1n) is 5.98. The molecule has 0 radical (unpaired) electrons. The van der Waals surface area contributed by atoms with Gasteiger partial charge in [-0.05, 0) is 12.5 Å². The number of carbonyl (C=O) groups excluding carboxylic acids is 1. The van der Waals surface area contributed by atoms with E-state index < -0.39 is 23.5 Å². The smallest absolute Gasteiger partial charge is 0.408 e. The molecule has 0 heterocycles. The highest BCUT2D eigenvalue weighted by Gasteiger charge is 2.21. The fraction of sp³-hybridized carbons (Fsp3) is 0.385. The van der Waals surface area contributed by atoms with E-state index in [0.29, 0.717) is 0 Å². The molecule has 0 spiro atoms. The van der Waals surface area contributed by atoms with Crippen LogP contribution in [0.1, 0.15) is 12.5 Å². The SMILES string of the molecule is C[C@H](O)SCC(NC(=O)OCc1ccccc1)C(=O)O. The Morgan fingerprint density at radius 1 is 1.35 bits per heavy atom. The molecular weight excluding hydrogens is 282 g/mol. The summed E-state index contributed by atoms with van der Waals surface area (Å²) >= 11 is 1.03. The molecule has 0 aliphatic rings. The van der Waals surface area contributed by atoms with E-state index in [1.165, 1.54) is 6.92 Å². The van der Waals surface area contributed by atoms with Crippen molar-refractivity contribution >= 4 is 23.8 Å². The van der Waals surface area contributed by atoms with Crippen LogP contribution in [0, 0.1) is 0 Å². The first kappa shape index (κ1) is 16.3. The summed E-state index contributed by atoms with van der Waals surface area (Å²) in [7, 11) is 0. The molecule has 1 rings (SSSR count). The quantitative estimate of drug-likeness (QED) is 0.659. The number of nitrogens with one attached hydrogen (secondary N) is 1. The Bertz CT molecular complexity index is 438. The van der Waals surface area contributed by atoms with Gasteiger partial charge in [0.15, 0.2) is 0 Å². The van der Waals surface area contributed by atoms with Crippen LogP contribution in [0.25, 0.3) is 0 Å². The zero-order chi connectivity index (χ0) is 15.0. The molecule has 1 unspecified atom stereocenters. The van der Waals surface area contributed by atoms with Gasteiger partial charge in [-0.25, -0.2) is 9.59 Å². The van der Waals surface area contributed by atoms with Crippen molar-refractivity contribution in [1.82, 2.24) is 5.32 Å². The maximum absolute atomic E-state index is 11.5. The molecule has 0 aliphatic heterocycles. The molecule has 1 aromatic rings. The topological polar surface area (TPSA) is 95.9 Å². The summed E-state index contributed by atoms with van der Waals surface area (Å²) in [5.41, 5.74) is 0.117. The van der Waals surface area contributed by atoms with Crippen molar-refractivity contribution in [2.24, 2.45) is 0 Å². The van der Waals surface area contributed by atoms with Crippen molar-refractivity contribution in [3.63, 3.8) is 0 Å². The molecule has 0 aliphatic carbocycles. The molecule has 2 atom stereocenters. The van der Waals surface area contributed by atoms with Crippen molar-refractivity contribution in [2.45, 2.75) is 25.0 Å². The van der Waals surface area contributed by atoms with Gasteiger partial charge in [0.2, 0.25) is 0 Å². The lowest BCUT2D eigenvalue weighted by atomic mass is 10.2. The minimum atomic E-state index is -1.17. The number of alkyl carbamates (subject to hydrolysis) is 1. The third kappa shape index (κ3) is 6.44. The number of hydrogen-bond acceptors (Lipinski definition) is 5. The van der Waals surface area contributed by atoms with Crippen molar-refractivity contribution in [3.8, 4) is 0 Å². The van der Waals surface area contributed by atoms with Gasteiger partial charge in [-0.1, -0.05) is 30.3 Å². The van der Waals surface area contributed by atoms with E-state index in [1.54, 1.807) is 12.1 Å². The predicted molar refractivity (Wildman–Crippen MR) is 75.3 cm³/mol. The molecule has 0 bridgehead atoms. The van der Waals surface area contributed by atoms with Crippen LogP contribution in [0.5, 0.6) is 0 Å². The molecule has 1 amide bonds. The number of rotatable bonds is 7. The lowest BCUT2D eigenvalue weighted by Crippen LogP contribution is -2.43. The van der Waals surface area contributed by atoms with E-state index in [-0.39, 0.29) is 12.4 Å². The number of aliphatic hydroxyl groups excluding tert-OH is 1. The number of carboxylic acid groups (broad SMARTS) is 1. The van der Waals surface area contributed by atoms with Crippen molar-refractivity contribution in [3.05, 3.63) is 35.9 Å². The van der Waals surface area contributed by atoms with E-state index in [9.17, 15) is 9.59 Å². The maximum atomic E-state index is 11.5. The van der Waals surface area contributed by atoms with Gasteiger partial charge in [0.25, 0.3) is 0 Å². The van der Waals surface area contributed by atoms with Gasteiger partial charge in [-0.3, -0.25) is 0 Å². The highest BCUT2D eigenvalue weighted by Crippen LogP contribution is 2.09. The average molecular weight is 299 g/mol. The van der Waals surface area contributed by atoms with Crippen LogP contribution in [-0.2, 0) is 16.1 Å².